The van der Waals surface area contributed by atoms with Crippen LogP contribution in [0.4, 0.5) is 0 Å². The summed E-state index contributed by atoms with van der Waals surface area (Å²) in [5, 5.41) is 3.43. The van der Waals surface area contributed by atoms with E-state index in [1.54, 1.807) is 0 Å². The lowest BCUT2D eigenvalue weighted by molar-refractivity contribution is 0.0311. The van der Waals surface area contributed by atoms with Crippen molar-refractivity contribution in [1.29, 1.82) is 0 Å². The van der Waals surface area contributed by atoms with E-state index in [1.165, 1.54) is 6.26 Å². The number of ether oxygens (including phenoxy) is 1. The first-order valence-electron chi connectivity index (χ1n) is 7.55. The third-order valence-corrected chi connectivity index (χ3v) is 4.37. The molecule has 0 aromatic heterocycles. The molecule has 0 bridgehead atoms. The highest BCUT2D eigenvalue weighted by Gasteiger charge is 2.23. The molecule has 120 valence electrons. The summed E-state index contributed by atoms with van der Waals surface area (Å²) in [6.07, 6.45) is 2.66. The SMILES string of the molecule is CCNC(CCCS(C)(=O)=O)C(OCC)c1ccccc1. The summed E-state index contributed by atoms with van der Waals surface area (Å²) in [5.74, 6) is 0.225. The zero-order valence-electron chi connectivity index (χ0n) is 13.2. The van der Waals surface area contributed by atoms with Crippen molar-refractivity contribution in [2.75, 3.05) is 25.2 Å². The molecule has 1 rings (SSSR count). The number of hydrogen-bond donors (Lipinski definition) is 1. The minimum absolute atomic E-state index is 0.0456. The van der Waals surface area contributed by atoms with E-state index in [1.807, 2.05) is 25.1 Å². The van der Waals surface area contributed by atoms with Gasteiger partial charge in [0.15, 0.2) is 0 Å². The maximum atomic E-state index is 11.3. The highest BCUT2D eigenvalue weighted by Crippen LogP contribution is 2.24. The predicted octanol–water partition coefficient (Wildman–Crippen LogP) is 2.57. The van der Waals surface area contributed by atoms with Crippen molar-refractivity contribution in [3.8, 4) is 0 Å². The third kappa shape index (κ3) is 7.07. The van der Waals surface area contributed by atoms with Gasteiger partial charge in [-0.1, -0.05) is 37.3 Å². The van der Waals surface area contributed by atoms with Gasteiger partial charge in [0, 0.05) is 24.7 Å². The van der Waals surface area contributed by atoms with Crippen LogP contribution >= 0.6 is 0 Å². The van der Waals surface area contributed by atoms with Crippen LogP contribution in [0.25, 0.3) is 0 Å². The van der Waals surface area contributed by atoms with E-state index in [2.05, 4.69) is 24.4 Å². The minimum atomic E-state index is -2.91. The Hall–Kier alpha value is -0.910. The summed E-state index contributed by atoms with van der Waals surface area (Å²) in [7, 11) is -2.91. The predicted molar refractivity (Wildman–Crippen MR) is 87.2 cm³/mol. The summed E-state index contributed by atoms with van der Waals surface area (Å²) in [6.45, 7) is 5.50. The van der Waals surface area contributed by atoms with Gasteiger partial charge in [0.1, 0.15) is 9.84 Å². The van der Waals surface area contributed by atoms with Crippen molar-refractivity contribution < 1.29 is 13.2 Å². The first-order valence-corrected chi connectivity index (χ1v) is 9.61. The van der Waals surface area contributed by atoms with Crippen LogP contribution in [0.15, 0.2) is 30.3 Å². The average Bonchev–Trinajstić information content (AvgIpc) is 2.44. The normalized spacial score (nSPS) is 14.8. The van der Waals surface area contributed by atoms with Crippen molar-refractivity contribution in [3.05, 3.63) is 35.9 Å². The van der Waals surface area contributed by atoms with E-state index in [0.717, 1.165) is 18.5 Å². The second-order valence-electron chi connectivity index (χ2n) is 5.22. The molecule has 5 heteroatoms. The van der Waals surface area contributed by atoms with Crippen LogP contribution in [0.5, 0.6) is 0 Å². The summed E-state index contributed by atoms with van der Waals surface area (Å²) >= 11 is 0. The van der Waals surface area contributed by atoms with Crippen molar-refractivity contribution in [1.82, 2.24) is 5.32 Å². The fraction of sp³-hybridized carbons (Fsp3) is 0.625. The second-order valence-corrected chi connectivity index (χ2v) is 7.48. The monoisotopic (exact) mass is 313 g/mol. The first-order chi connectivity index (χ1) is 9.98. The summed E-state index contributed by atoms with van der Waals surface area (Å²) in [5.41, 5.74) is 1.13. The largest absolute Gasteiger partial charge is 0.372 e. The van der Waals surface area contributed by atoms with Crippen molar-refractivity contribution in [3.63, 3.8) is 0 Å². The highest BCUT2D eigenvalue weighted by atomic mass is 32.2. The van der Waals surface area contributed by atoms with Crippen LogP contribution in [0, 0.1) is 0 Å². The summed E-state index contributed by atoms with van der Waals surface area (Å²) in [6, 6.07) is 10.2. The van der Waals surface area contributed by atoms with Crippen molar-refractivity contribution in [2.45, 2.75) is 38.8 Å². The number of benzene rings is 1. The molecule has 0 aliphatic rings. The molecule has 1 N–H and O–H groups in total. The maximum Gasteiger partial charge on any atom is 0.147 e. The second kappa shape index (κ2) is 9.18. The van der Waals surface area contributed by atoms with Gasteiger partial charge < -0.3 is 10.1 Å². The Kier molecular flexibility index (Phi) is 7.93. The number of sulfone groups is 1. The van der Waals surface area contributed by atoms with Crippen LogP contribution in [-0.2, 0) is 14.6 Å². The maximum absolute atomic E-state index is 11.3. The molecule has 4 nitrogen and oxygen atoms in total. The fourth-order valence-corrected chi connectivity index (χ4v) is 3.15. The molecule has 21 heavy (non-hydrogen) atoms. The van der Waals surface area contributed by atoms with Crippen LogP contribution in [0.1, 0.15) is 38.4 Å². The third-order valence-electron chi connectivity index (χ3n) is 3.34. The molecule has 2 unspecified atom stereocenters. The molecule has 0 aliphatic carbocycles. The van der Waals surface area contributed by atoms with Gasteiger partial charge in [-0.05, 0) is 31.9 Å². The van der Waals surface area contributed by atoms with Gasteiger partial charge in [0.2, 0.25) is 0 Å². The highest BCUT2D eigenvalue weighted by molar-refractivity contribution is 7.90. The van der Waals surface area contributed by atoms with E-state index < -0.39 is 9.84 Å². The Morgan fingerprint density at radius 2 is 1.86 bits per heavy atom. The standard InChI is InChI=1S/C16H27NO3S/c1-4-17-15(12-9-13-21(3,18)19)16(20-5-2)14-10-7-6-8-11-14/h6-8,10-11,15-17H,4-5,9,12-13H2,1-3H3. The van der Waals surface area contributed by atoms with Crippen molar-refractivity contribution in [2.24, 2.45) is 0 Å². The molecular weight excluding hydrogens is 286 g/mol. The molecule has 0 aliphatic heterocycles. The lowest BCUT2D eigenvalue weighted by atomic mass is 9.98. The van der Waals surface area contributed by atoms with Crippen LogP contribution in [0.2, 0.25) is 0 Å². The van der Waals surface area contributed by atoms with E-state index in [-0.39, 0.29) is 17.9 Å². The van der Waals surface area contributed by atoms with Crippen LogP contribution < -0.4 is 5.32 Å². The Morgan fingerprint density at radius 1 is 1.19 bits per heavy atom. The topological polar surface area (TPSA) is 55.4 Å². The molecule has 2 atom stereocenters. The Balaban J connectivity index is 2.77. The minimum Gasteiger partial charge on any atom is -0.372 e. The Morgan fingerprint density at radius 3 is 2.38 bits per heavy atom. The smallest absolute Gasteiger partial charge is 0.147 e. The van der Waals surface area contributed by atoms with Gasteiger partial charge in [0.05, 0.1) is 6.10 Å². The summed E-state index contributed by atoms with van der Waals surface area (Å²) < 4.78 is 28.5. The van der Waals surface area contributed by atoms with Crippen molar-refractivity contribution >= 4 is 9.84 Å². The average molecular weight is 313 g/mol. The zero-order chi connectivity index (χ0) is 15.7. The number of nitrogens with one attached hydrogen (secondary N) is 1. The van der Waals surface area contributed by atoms with E-state index in [9.17, 15) is 8.42 Å². The molecule has 0 heterocycles. The van der Waals surface area contributed by atoms with Crippen LogP contribution in [-0.4, -0.2) is 39.6 Å². The molecule has 0 saturated heterocycles. The first kappa shape index (κ1) is 18.1. The molecule has 0 fully saturated rings. The van der Waals surface area contributed by atoms with E-state index in [4.69, 9.17) is 4.74 Å². The number of hydrogen-bond acceptors (Lipinski definition) is 4. The Bertz CT molecular complexity index is 488. The van der Waals surface area contributed by atoms with Gasteiger partial charge in [-0.3, -0.25) is 0 Å². The number of rotatable bonds is 10. The van der Waals surface area contributed by atoms with Gasteiger partial charge in [-0.25, -0.2) is 8.42 Å². The quantitative estimate of drug-likeness (QED) is 0.721. The molecular formula is C16H27NO3S. The lowest BCUT2D eigenvalue weighted by Crippen LogP contribution is -2.36. The molecule has 0 amide bonds. The van der Waals surface area contributed by atoms with E-state index >= 15 is 0 Å². The molecule has 0 spiro atoms. The van der Waals surface area contributed by atoms with E-state index in [0.29, 0.717) is 13.0 Å². The number of likely N-dealkylation sites (N-methyl/N-ethyl adjacent to an activating group) is 1. The van der Waals surface area contributed by atoms with Gasteiger partial charge in [0.25, 0.3) is 0 Å². The van der Waals surface area contributed by atoms with Gasteiger partial charge in [-0.15, -0.1) is 0 Å². The van der Waals surface area contributed by atoms with Gasteiger partial charge >= 0.3 is 0 Å². The van der Waals surface area contributed by atoms with Crippen LogP contribution in [0.3, 0.4) is 0 Å². The Labute approximate surface area is 128 Å². The summed E-state index contributed by atoms with van der Waals surface area (Å²) in [4.78, 5) is 0. The van der Waals surface area contributed by atoms with Gasteiger partial charge in [-0.2, -0.15) is 0 Å². The molecule has 0 radical (unpaired) electrons. The lowest BCUT2D eigenvalue weighted by Gasteiger charge is -2.28. The zero-order valence-corrected chi connectivity index (χ0v) is 14.0. The fourth-order valence-electron chi connectivity index (χ4n) is 2.46. The molecule has 0 saturated carbocycles. The molecule has 1 aromatic rings. The molecule has 1 aromatic carbocycles.